The van der Waals surface area contributed by atoms with E-state index >= 15 is 0 Å². The van der Waals surface area contributed by atoms with Crippen molar-refractivity contribution in [1.29, 1.82) is 0 Å². The van der Waals surface area contributed by atoms with E-state index in [9.17, 15) is 0 Å². The number of aryl methyl sites for hydroxylation is 6. The molecule has 0 unspecified atom stereocenters. The summed E-state index contributed by atoms with van der Waals surface area (Å²) in [4.78, 5) is 1.35. The molecule has 30 heavy (non-hydrogen) atoms. The van der Waals surface area contributed by atoms with Gasteiger partial charge in [-0.05, 0) is 0 Å². The molecule has 0 bridgehead atoms. The Hall–Kier alpha value is -2.16. The predicted molar refractivity (Wildman–Crippen MR) is 126 cm³/mol. The summed E-state index contributed by atoms with van der Waals surface area (Å²) in [5, 5.41) is 2.15. The zero-order chi connectivity index (χ0) is 21.4. The van der Waals surface area contributed by atoms with Crippen LogP contribution in [-0.2, 0) is 16.2 Å². The van der Waals surface area contributed by atoms with Gasteiger partial charge in [-0.15, -0.1) is 0 Å². The van der Waals surface area contributed by atoms with E-state index in [1.54, 1.807) is 0 Å². The minimum absolute atomic E-state index is 0.119. The van der Waals surface area contributed by atoms with Crippen molar-refractivity contribution in [2.24, 2.45) is 0 Å². The number of nitrogens with zero attached hydrogens (tertiary/aromatic N) is 2. The van der Waals surface area contributed by atoms with Crippen molar-refractivity contribution in [1.82, 2.24) is 9.13 Å². The zero-order valence-corrected chi connectivity index (χ0v) is 21.0. The van der Waals surface area contributed by atoms with Gasteiger partial charge in [0, 0.05) is 0 Å². The second-order valence-corrected chi connectivity index (χ2v) is 10.8. The number of thiophene rings is 1. The van der Waals surface area contributed by atoms with E-state index in [-0.39, 0.29) is 16.2 Å². The number of benzene rings is 2. The Kier molecular flexibility index (Phi) is 6.00. The van der Waals surface area contributed by atoms with Gasteiger partial charge in [-0.3, -0.25) is 0 Å². The summed E-state index contributed by atoms with van der Waals surface area (Å²) < 4.78 is 8.63. The maximum atomic E-state index is 2.43. The van der Waals surface area contributed by atoms with Crippen LogP contribution in [0.5, 0.6) is 0 Å². The van der Waals surface area contributed by atoms with Gasteiger partial charge in [0.05, 0.1) is 0 Å². The first-order valence-electron chi connectivity index (χ1n) is 10.1. The molecule has 4 aromatic rings. The first-order valence-corrected chi connectivity index (χ1v) is 12.9. The number of hydrogen-bond acceptors (Lipinski definition) is 1. The second-order valence-electron chi connectivity index (χ2n) is 8.01. The van der Waals surface area contributed by atoms with Gasteiger partial charge in [0.2, 0.25) is 0 Å². The van der Waals surface area contributed by atoms with Crippen molar-refractivity contribution in [3.05, 3.63) is 96.4 Å². The molecule has 156 valence electrons. The third-order valence-corrected chi connectivity index (χ3v) is 8.52. The Morgan fingerprint density at radius 3 is 1.60 bits per heavy atom. The Morgan fingerprint density at radius 2 is 1.20 bits per heavy atom. The third-order valence-electron chi connectivity index (χ3n) is 5.29. The molecule has 0 radical (unpaired) electrons. The van der Waals surface area contributed by atoms with Crippen molar-refractivity contribution in [3.8, 4) is 11.4 Å². The third kappa shape index (κ3) is 4.04. The van der Waals surface area contributed by atoms with Crippen LogP contribution in [0.1, 0.15) is 38.3 Å². The average Bonchev–Trinajstić information content (AvgIpc) is 3.29. The number of rotatable bonds is 3. The van der Waals surface area contributed by atoms with Crippen LogP contribution in [0.25, 0.3) is 11.4 Å². The van der Waals surface area contributed by atoms with Crippen LogP contribution in [0.2, 0.25) is 0 Å². The zero-order valence-electron chi connectivity index (χ0n) is 18.4. The van der Waals surface area contributed by atoms with Gasteiger partial charge < -0.3 is 0 Å². The maximum absolute atomic E-state index is 2.43. The van der Waals surface area contributed by atoms with Crippen LogP contribution in [0, 0.1) is 45.6 Å². The fourth-order valence-electron chi connectivity index (χ4n) is 4.35. The van der Waals surface area contributed by atoms with Crippen LogP contribution in [0.4, 0.5) is 0 Å². The Balaban J connectivity index is 2.07. The summed E-state index contributed by atoms with van der Waals surface area (Å²) in [6.07, 6.45) is 4.49. The second kappa shape index (κ2) is 8.53. The van der Waals surface area contributed by atoms with Crippen molar-refractivity contribution in [2.75, 3.05) is 0 Å². The first kappa shape index (κ1) is 21.1. The van der Waals surface area contributed by atoms with Crippen LogP contribution in [-0.4, -0.2) is 13.7 Å². The van der Waals surface area contributed by atoms with E-state index in [1.807, 2.05) is 11.3 Å². The summed E-state index contributed by atoms with van der Waals surface area (Å²) in [6, 6.07) is 13.5. The molecule has 0 amide bonds. The molecule has 2 aromatic heterocycles. The Bertz CT molecular complexity index is 1210. The SMILES string of the molecule is Cc1cc(C)c(-n2ccn(-c3c(C)cc(C)cc3C)[c]2=[Ru]=[CH]c2cccs2)c(C)c1. The quantitative estimate of drug-likeness (QED) is 0.278. The van der Waals surface area contributed by atoms with Crippen LogP contribution < -0.4 is 0 Å². The monoisotopic (exact) mass is 502 g/mol. The van der Waals surface area contributed by atoms with Crippen molar-refractivity contribution >= 4 is 15.9 Å². The molecule has 0 fully saturated rings. The molecule has 0 saturated carbocycles. The summed E-state index contributed by atoms with van der Waals surface area (Å²) in [6.45, 7) is 13.3. The minimum atomic E-state index is -0.119. The fraction of sp³-hybridized carbons (Fsp3) is 0.231. The van der Waals surface area contributed by atoms with Crippen molar-refractivity contribution in [2.45, 2.75) is 41.5 Å². The molecule has 0 N–H and O–H groups in total. The van der Waals surface area contributed by atoms with E-state index in [1.165, 1.54) is 53.6 Å². The first-order chi connectivity index (χ1) is 14.3. The van der Waals surface area contributed by atoms with Gasteiger partial charge in [-0.2, -0.15) is 0 Å². The normalized spacial score (nSPS) is 11.1. The molecular weight excluding hydrogens is 473 g/mol. The van der Waals surface area contributed by atoms with Crippen LogP contribution >= 0.6 is 11.3 Å². The number of hydrogen-bond donors (Lipinski definition) is 0. The van der Waals surface area contributed by atoms with E-state index in [0.29, 0.717) is 0 Å². The summed E-state index contributed by atoms with van der Waals surface area (Å²) in [5.41, 5.74) is 10.6. The molecule has 0 aliphatic carbocycles. The van der Waals surface area contributed by atoms with Gasteiger partial charge in [0.1, 0.15) is 0 Å². The Labute approximate surface area is 190 Å². The molecule has 2 aromatic carbocycles. The van der Waals surface area contributed by atoms with Crippen molar-refractivity contribution < 1.29 is 16.2 Å². The molecule has 0 spiro atoms. The molecule has 2 nitrogen and oxygen atoms in total. The topological polar surface area (TPSA) is 9.86 Å². The summed E-state index contributed by atoms with van der Waals surface area (Å²) >= 11 is 1.69. The molecule has 2 heterocycles. The van der Waals surface area contributed by atoms with Gasteiger partial charge in [-0.1, -0.05) is 0 Å². The Morgan fingerprint density at radius 1 is 0.733 bits per heavy atom. The van der Waals surface area contributed by atoms with E-state index in [0.717, 1.165) is 0 Å². The van der Waals surface area contributed by atoms with Crippen molar-refractivity contribution in [3.63, 3.8) is 0 Å². The summed E-state index contributed by atoms with van der Waals surface area (Å²) in [7, 11) is 0. The number of aromatic nitrogens is 2. The van der Waals surface area contributed by atoms with Gasteiger partial charge in [0.15, 0.2) is 0 Å². The average molecular weight is 502 g/mol. The van der Waals surface area contributed by atoms with E-state index in [4.69, 9.17) is 0 Å². The van der Waals surface area contributed by atoms with E-state index < -0.39 is 0 Å². The van der Waals surface area contributed by atoms with Crippen LogP contribution in [0.15, 0.2) is 54.2 Å². The molecule has 0 aliphatic heterocycles. The molecule has 0 saturated heterocycles. The summed E-state index contributed by atoms with van der Waals surface area (Å²) in [5.74, 6) is 0. The molecule has 0 aliphatic rings. The van der Waals surface area contributed by atoms with Crippen LogP contribution in [0.3, 0.4) is 0 Å². The number of imidazole rings is 1. The van der Waals surface area contributed by atoms with Gasteiger partial charge in [-0.25, -0.2) is 0 Å². The molecule has 4 heteroatoms. The fourth-order valence-corrected chi connectivity index (χ4v) is 7.24. The predicted octanol–water partition coefficient (Wildman–Crippen LogP) is 6.65. The van der Waals surface area contributed by atoms with E-state index in [2.05, 4.69) is 109 Å². The van der Waals surface area contributed by atoms with Gasteiger partial charge in [0.25, 0.3) is 0 Å². The van der Waals surface area contributed by atoms with Gasteiger partial charge >= 0.3 is 191 Å². The standard InChI is InChI=1S/C21H24N2.C5H4S.Ru/c1-14-9-16(3)20(17(4)10-14)22-7-8-23(13-22)21-18(5)11-15(2)12-19(21)6;1-5-3-2-4-6-5;/h7-12H,1-6H3;1-4H;. The molecule has 0 atom stereocenters. The molecule has 4 rings (SSSR count). The molecular formula is C26H28N2RuS.